The molecule has 0 unspecified atom stereocenters. The van der Waals surface area contributed by atoms with Gasteiger partial charge in [-0.25, -0.2) is 4.98 Å². The van der Waals surface area contributed by atoms with E-state index in [-0.39, 0.29) is 0 Å². The third kappa shape index (κ3) is 1.81. The van der Waals surface area contributed by atoms with Gasteiger partial charge in [0.05, 0.1) is 5.69 Å². The van der Waals surface area contributed by atoms with Gasteiger partial charge in [0.15, 0.2) is 5.52 Å². The Bertz CT molecular complexity index is 670. The first kappa shape index (κ1) is 12.1. The first-order chi connectivity index (χ1) is 8.41. The molecule has 8 heteroatoms. The first-order valence-corrected chi connectivity index (χ1v) is 5.25. The molecular weight excluding hydrogens is 238 g/mol. The molecule has 8 nitrogen and oxygen atoms in total. The Morgan fingerprint density at radius 1 is 1.50 bits per heavy atom. The topological polar surface area (TPSA) is 92.7 Å². The van der Waals surface area contributed by atoms with Gasteiger partial charge >= 0.3 is 5.97 Å². The number of hydrogen-bond donors (Lipinski definition) is 1. The van der Waals surface area contributed by atoms with Crippen LogP contribution in [-0.4, -0.2) is 44.3 Å². The normalized spacial score (nSPS) is 10.8. The fourth-order valence-electron chi connectivity index (χ4n) is 1.71. The van der Waals surface area contributed by atoms with Crippen LogP contribution in [0, 0.1) is 6.92 Å². The molecule has 0 saturated heterocycles. The average Bonchev–Trinajstić information content (AvgIpc) is 2.60. The molecule has 0 saturated carbocycles. The van der Waals surface area contributed by atoms with E-state index >= 15 is 0 Å². The molecule has 0 aliphatic carbocycles. The predicted molar refractivity (Wildman–Crippen MR) is 63.9 cm³/mol. The molecule has 0 atom stereocenters. The Hall–Kier alpha value is -2.38. The number of fused-ring (bicyclic) bond motifs is 1. The van der Waals surface area contributed by atoms with Crippen LogP contribution >= 0.6 is 0 Å². The summed E-state index contributed by atoms with van der Waals surface area (Å²) in [5, 5.41) is 12.8. The summed E-state index contributed by atoms with van der Waals surface area (Å²) in [7, 11) is 3.58. The fraction of sp³-hybridized carbons (Fsp3) is 0.400. The quantitative estimate of drug-likeness (QED) is 0.779. The summed E-state index contributed by atoms with van der Waals surface area (Å²) in [6.07, 6.45) is 1.21. The monoisotopic (exact) mass is 251 g/mol. The van der Waals surface area contributed by atoms with Gasteiger partial charge in [-0.3, -0.25) is 14.2 Å². The molecule has 18 heavy (non-hydrogen) atoms. The summed E-state index contributed by atoms with van der Waals surface area (Å²) in [6.45, 7) is 1.28. The van der Waals surface area contributed by atoms with Crippen molar-refractivity contribution in [2.24, 2.45) is 0 Å². The lowest BCUT2D eigenvalue weighted by atomic mass is 10.4. The second kappa shape index (κ2) is 4.13. The predicted octanol–water partition coefficient (Wildman–Crippen LogP) is -0.650. The number of aryl methyl sites for hydroxylation is 1. The summed E-state index contributed by atoms with van der Waals surface area (Å²) in [6, 6.07) is 0. The highest BCUT2D eigenvalue weighted by atomic mass is 16.4. The summed E-state index contributed by atoms with van der Waals surface area (Å²) in [5.41, 5.74) is 0.406. The van der Waals surface area contributed by atoms with Gasteiger partial charge in [-0.2, -0.15) is 9.61 Å². The van der Waals surface area contributed by atoms with E-state index in [1.807, 2.05) is 0 Å². The molecule has 2 aromatic heterocycles. The van der Waals surface area contributed by atoms with Crippen molar-refractivity contribution in [1.29, 1.82) is 0 Å². The van der Waals surface area contributed by atoms with E-state index in [9.17, 15) is 9.59 Å². The number of nitrogens with zero attached hydrogens (tertiary/aromatic N) is 5. The van der Waals surface area contributed by atoms with E-state index in [1.165, 1.54) is 10.8 Å². The molecule has 2 heterocycles. The summed E-state index contributed by atoms with van der Waals surface area (Å²) >= 11 is 0. The zero-order valence-corrected chi connectivity index (χ0v) is 10.3. The molecule has 96 valence electrons. The lowest BCUT2D eigenvalue weighted by Gasteiger charge is -2.09. The number of anilines is 1. The highest BCUT2D eigenvalue weighted by Gasteiger charge is 2.16. The van der Waals surface area contributed by atoms with Crippen LogP contribution in [0.15, 0.2) is 11.1 Å². The van der Waals surface area contributed by atoms with Crippen molar-refractivity contribution in [1.82, 2.24) is 19.2 Å². The second-order valence-corrected chi connectivity index (χ2v) is 4.11. The summed E-state index contributed by atoms with van der Waals surface area (Å²) in [5.74, 6) is -0.560. The third-order valence-corrected chi connectivity index (χ3v) is 2.49. The Labute approximate surface area is 102 Å². The van der Waals surface area contributed by atoms with Crippen LogP contribution in [0.2, 0.25) is 0 Å². The van der Waals surface area contributed by atoms with Crippen LogP contribution in [0.25, 0.3) is 5.52 Å². The van der Waals surface area contributed by atoms with Gasteiger partial charge in [-0.05, 0) is 6.92 Å². The minimum atomic E-state index is -1.09. The highest BCUT2D eigenvalue weighted by molar-refractivity contribution is 5.67. The molecule has 0 aromatic carbocycles. The Morgan fingerprint density at radius 3 is 2.72 bits per heavy atom. The minimum absolute atomic E-state index is 0.294. The zero-order valence-electron chi connectivity index (χ0n) is 10.3. The van der Waals surface area contributed by atoms with Gasteiger partial charge in [0.25, 0.3) is 5.56 Å². The second-order valence-electron chi connectivity index (χ2n) is 4.11. The Kier molecular flexibility index (Phi) is 2.77. The van der Waals surface area contributed by atoms with Gasteiger partial charge in [0.2, 0.25) is 5.95 Å². The number of imidazole rings is 1. The largest absolute Gasteiger partial charge is 0.480 e. The van der Waals surface area contributed by atoms with Gasteiger partial charge < -0.3 is 10.0 Å². The van der Waals surface area contributed by atoms with Crippen molar-refractivity contribution in [3.63, 3.8) is 0 Å². The number of hydrogen-bond acceptors (Lipinski definition) is 5. The number of aliphatic carboxylic acids is 1. The van der Waals surface area contributed by atoms with Crippen molar-refractivity contribution < 1.29 is 9.90 Å². The van der Waals surface area contributed by atoms with Crippen molar-refractivity contribution in [2.45, 2.75) is 13.5 Å². The summed E-state index contributed by atoms with van der Waals surface area (Å²) < 4.78 is 2.46. The van der Waals surface area contributed by atoms with Crippen LogP contribution in [0.3, 0.4) is 0 Å². The molecule has 1 N–H and O–H groups in total. The smallest absolute Gasteiger partial charge is 0.323 e. The molecule has 0 aliphatic rings. The maximum Gasteiger partial charge on any atom is 0.323 e. The van der Waals surface area contributed by atoms with Crippen LogP contribution in [-0.2, 0) is 11.3 Å². The van der Waals surface area contributed by atoms with Gasteiger partial charge in [0, 0.05) is 14.1 Å². The number of carboxylic acids is 1. The number of rotatable bonds is 3. The molecule has 0 amide bonds. The SMILES string of the molecule is Cc1nc(N(C)C)n2ncn(CC(=O)O)c(=O)c12. The maximum absolute atomic E-state index is 12.1. The summed E-state index contributed by atoms with van der Waals surface area (Å²) in [4.78, 5) is 28.7. The average molecular weight is 251 g/mol. The number of aromatic nitrogens is 4. The third-order valence-electron chi connectivity index (χ3n) is 2.49. The van der Waals surface area contributed by atoms with Crippen LogP contribution < -0.4 is 10.5 Å². The maximum atomic E-state index is 12.1. The molecule has 2 rings (SSSR count). The molecule has 0 spiro atoms. The van der Waals surface area contributed by atoms with E-state index in [4.69, 9.17) is 5.11 Å². The van der Waals surface area contributed by atoms with E-state index in [1.54, 1.807) is 25.9 Å². The zero-order chi connectivity index (χ0) is 13.4. The van der Waals surface area contributed by atoms with Crippen LogP contribution in [0.5, 0.6) is 0 Å². The van der Waals surface area contributed by atoms with Crippen LogP contribution in [0.1, 0.15) is 5.69 Å². The molecule has 0 aliphatic heterocycles. The molecule has 0 fully saturated rings. The Morgan fingerprint density at radius 2 is 2.17 bits per heavy atom. The van der Waals surface area contributed by atoms with Crippen LogP contribution in [0.4, 0.5) is 5.95 Å². The van der Waals surface area contributed by atoms with Crippen molar-refractivity contribution in [2.75, 3.05) is 19.0 Å². The first-order valence-electron chi connectivity index (χ1n) is 5.25. The van der Waals surface area contributed by atoms with Crippen molar-refractivity contribution >= 4 is 17.4 Å². The highest BCUT2D eigenvalue weighted by Crippen LogP contribution is 2.12. The Balaban J connectivity index is 2.72. The van der Waals surface area contributed by atoms with E-state index < -0.39 is 18.1 Å². The molecule has 0 radical (unpaired) electrons. The van der Waals surface area contributed by atoms with E-state index in [0.717, 1.165) is 4.57 Å². The number of carbonyl (C=O) groups is 1. The fourth-order valence-corrected chi connectivity index (χ4v) is 1.71. The van der Waals surface area contributed by atoms with Gasteiger partial charge in [-0.1, -0.05) is 0 Å². The molecule has 0 bridgehead atoms. The van der Waals surface area contributed by atoms with Crippen molar-refractivity contribution in [3.05, 3.63) is 22.4 Å². The van der Waals surface area contributed by atoms with E-state index in [2.05, 4.69) is 10.1 Å². The van der Waals surface area contributed by atoms with Gasteiger partial charge in [0.1, 0.15) is 12.9 Å². The number of carboxylic acid groups (broad SMARTS) is 1. The van der Waals surface area contributed by atoms with E-state index in [0.29, 0.717) is 17.2 Å². The lowest BCUT2D eigenvalue weighted by molar-refractivity contribution is -0.137. The molecular formula is C10H13N5O3. The lowest BCUT2D eigenvalue weighted by Crippen LogP contribution is -2.27. The molecule has 2 aromatic rings. The van der Waals surface area contributed by atoms with Crippen molar-refractivity contribution in [3.8, 4) is 0 Å². The standard InChI is InChI=1S/C10H13N5O3/c1-6-8-9(18)14(4-7(16)17)5-11-15(8)10(12-6)13(2)3/h5H,4H2,1-3H3,(H,16,17). The van der Waals surface area contributed by atoms with Gasteiger partial charge in [-0.15, -0.1) is 0 Å². The minimum Gasteiger partial charge on any atom is -0.480 e.